The van der Waals surface area contributed by atoms with Crippen molar-refractivity contribution in [2.45, 2.75) is 9.92 Å². The molecule has 0 atom stereocenters. The van der Waals surface area contributed by atoms with Gasteiger partial charge in [-0.15, -0.1) is 0 Å². The minimum atomic E-state index is -0.441. The second kappa shape index (κ2) is 5.29. The van der Waals surface area contributed by atoms with E-state index in [1.165, 1.54) is 23.9 Å². The largest absolute Gasteiger partial charge is 0.269 e. The highest BCUT2D eigenvalue weighted by molar-refractivity contribution is 7.99. The lowest BCUT2D eigenvalue weighted by molar-refractivity contribution is -0.384. The summed E-state index contributed by atoms with van der Waals surface area (Å²) in [5, 5.41) is 19.9. The van der Waals surface area contributed by atoms with Gasteiger partial charge in [-0.25, -0.2) is 4.98 Å². The Morgan fingerprint density at radius 1 is 1.22 bits per heavy atom. The Morgan fingerprint density at radius 2 is 1.94 bits per heavy atom. The van der Waals surface area contributed by atoms with E-state index in [-0.39, 0.29) is 5.69 Å². The predicted octanol–water partition coefficient (Wildman–Crippen LogP) is 3.01. The van der Waals surface area contributed by atoms with Crippen LogP contribution in [0, 0.1) is 21.4 Å². The summed E-state index contributed by atoms with van der Waals surface area (Å²) in [6.45, 7) is 0. The molecule has 0 fully saturated rings. The van der Waals surface area contributed by atoms with E-state index in [1.807, 2.05) is 6.07 Å². The van der Waals surface area contributed by atoms with Crippen molar-refractivity contribution >= 4 is 17.4 Å². The molecule has 6 heteroatoms. The summed E-state index contributed by atoms with van der Waals surface area (Å²) in [5.41, 5.74) is 0.403. The Morgan fingerprint density at radius 3 is 2.56 bits per heavy atom. The van der Waals surface area contributed by atoms with Crippen molar-refractivity contribution in [1.82, 2.24) is 4.98 Å². The number of non-ortho nitro benzene ring substituents is 1. The topological polar surface area (TPSA) is 79.8 Å². The van der Waals surface area contributed by atoms with E-state index in [9.17, 15) is 10.1 Å². The van der Waals surface area contributed by atoms with Crippen LogP contribution in [-0.4, -0.2) is 9.91 Å². The number of nitrogens with zero attached hydrogens (tertiary/aromatic N) is 3. The van der Waals surface area contributed by atoms with Gasteiger partial charge in [-0.3, -0.25) is 10.1 Å². The first-order valence-electron chi connectivity index (χ1n) is 4.98. The molecule has 88 valence electrons. The van der Waals surface area contributed by atoms with Crippen molar-refractivity contribution in [2.24, 2.45) is 0 Å². The van der Waals surface area contributed by atoms with Crippen LogP contribution in [0.5, 0.6) is 0 Å². The monoisotopic (exact) mass is 257 g/mol. The van der Waals surface area contributed by atoms with Gasteiger partial charge in [0.25, 0.3) is 5.69 Å². The zero-order valence-electron chi connectivity index (χ0n) is 9.11. The number of nitro benzene ring substituents is 1. The van der Waals surface area contributed by atoms with Crippen molar-refractivity contribution in [3.8, 4) is 6.07 Å². The van der Waals surface area contributed by atoms with E-state index in [1.54, 1.807) is 30.3 Å². The third-order valence-corrected chi connectivity index (χ3v) is 3.05. The number of nitriles is 1. The van der Waals surface area contributed by atoms with Gasteiger partial charge in [0, 0.05) is 17.0 Å². The molecule has 1 heterocycles. The minimum Gasteiger partial charge on any atom is -0.258 e. The zero-order chi connectivity index (χ0) is 13.0. The van der Waals surface area contributed by atoms with Crippen LogP contribution in [0.15, 0.2) is 52.4 Å². The molecule has 2 rings (SSSR count). The summed E-state index contributed by atoms with van der Waals surface area (Å²) in [6.07, 6.45) is 0. The van der Waals surface area contributed by atoms with Crippen LogP contribution in [0.2, 0.25) is 0 Å². The molecule has 1 aromatic carbocycles. The van der Waals surface area contributed by atoms with E-state index >= 15 is 0 Å². The maximum absolute atomic E-state index is 10.5. The van der Waals surface area contributed by atoms with Gasteiger partial charge in [0.1, 0.15) is 16.8 Å². The van der Waals surface area contributed by atoms with Crippen LogP contribution in [0.3, 0.4) is 0 Å². The van der Waals surface area contributed by atoms with Crippen LogP contribution in [0.25, 0.3) is 0 Å². The summed E-state index contributed by atoms with van der Waals surface area (Å²) < 4.78 is 0. The van der Waals surface area contributed by atoms with Gasteiger partial charge in [0.15, 0.2) is 0 Å². The van der Waals surface area contributed by atoms with Crippen LogP contribution in [0.1, 0.15) is 5.69 Å². The minimum absolute atomic E-state index is 0.0538. The molecule has 0 aliphatic carbocycles. The summed E-state index contributed by atoms with van der Waals surface area (Å²) in [7, 11) is 0. The number of nitro groups is 1. The second-order valence-electron chi connectivity index (χ2n) is 3.33. The number of pyridine rings is 1. The second-order valence-corrected chi connectivity index (χ2v) is 4.42. The molecular formula is C12H7N3O2S. The van der Waals surface area contributed by atoms with Crippen molar-refractivity contribution in [3.63, 3.8) is 0 Å². The van der Waals surface area contributed by atoms with E-state index in [0.717, 1.165) is 4.90 Å². The Kier molecular flexibility index (Phi) is 3.55. The molecule has 0 radical (unpaired) electrons. The van der Waals surface area contributed by atoms with E-state index < -0.39 is 4.92 Å². The number of hydrogen-bond acceptors (Lipinski definition) is 5. The average molecular weight is 257 g/mol. The first kappa shape index (κ1) is 12.1. The fourth-order valence-electron chi connectivity index (χ4n) is 1.29. The first-order valence-corrected chi connectivity index (χ1v) is 5.80. The van der Waals surface area contributed by atoms with Crippen molar-refractivity contribution in [3.05, 3.63) is 58.3 Å². The van der Waals surface area contributed by atoms with E-state index in [0.29, 0.717) is 10.7 Å². The van der Waals surface area contributed by atoms with Crippen molar-refractivity contribution in [2.75, 3.05) is 0 Å². The van der Waals surface area contributed by atoms with Crippen molar-refractivity contribution < 1.29 is 4.92 Å². The third-order valence-electron chi connectivity index (χ3n) is 2.11. The maximum atomic E-state index is 10.5. The number of benzene rings is 1. The fourth-order valence-corrected chi connectivity index (χ4v) is 2.09. The Balaban J connectivity index is 2.18. The molecule has 0 saturated carbocycles. The summed E-state index contributed by atoms with van der Waals surface area (Å²) in [5.74, 6) is 0. The molecule has 5 nitrogen and oxygen atoms in total. The summed E-state index contributed by atoms with van der Waals surface area (Å²) in [6, 6.07) is 13.3. The maximum Gasteiger partial charge on any atom is 0.269 e. The Bertz CT molecular complexity index is 620. The smallest absolute Gasteiger partial charge is 0.258 e. The van der Waals surface area contributed by atoms with Gasteiger partial charge in [0.2, 0.25) is 0 Å². The molecule has 0 amide bonds. The molecule has 0 N–H and O–H groups in total. The lowest BCUT2D eigenvalue weighted by Gasteiger charge is -2.00. The Hall–Kier alpha value is -2.39. The highest BCUT2D eigenvalue weighted by Crippen LogP contribution is 2.27. The summed E-state index contributed by atoms with van der Waals surface area (Å²) >= 11 is 1.35. The number of hydrogen-bond donors (Lipinski definition) is 0. The van der Waals surface area contributed by atoms with Crippen LogP contribution in [-0.2, 0) is 0 Å². The van der Waals surface area contributed by atoms with E-state index in [4.69, 9.17) is 5.26 Å². The molecule has 0 bridgehead atoms. The van der Waals surface area contributed by atoms with Gasteiger partial charge < -0.3 is 0 Å². The SMILES string of the molecule is N#Cc1cccc(Sc2ccc([N+](=O)[O-])cc2)n1. The highest BCUT2D eigenvalue weighted by Gasteiger charge is 2.05. The Labute approximate surface area is 107 Å². The van der Waals surface area contributed by atoms with Gasteiger partial charge >= 0.3 is 0 Å². The standard InChI is InChI=1S/C12H7N3O2S/c13-8-9-2-1-3-12(14-9)18-11-6-4-10(5-7-11)15(16)17/h1-7H. The number of aromatic nitrogens is 1. The molecule has 2 aromatic rings. The molecule has 18 heavy (non-hydrogen) atoms. The highest BCUT2D eigenvalue weighted by atomic mass is 32.2. The lowest BCUT2D eigenvalue weighted by Crippen LogP contribution is -1.87. The average Bonchev–Trinajstić information content (AvgIpc) is 2.39. The molecule has 0 aliphatic heterocycles. The van der Waals surface area contributed by atoms with Gasteiger partial charge in [0.05, 0.1) is 4.92 Å². The molecule has 0 saturated heterocycles. The van der Waals surface area contributed by atoms with Crippen LogP contribution in [0.4, 0.5) is 5.69 Å². The quantitative estimate of drug-likeness (QED) is 0.623. The first-order chi connectivity index (χ1) is 8.69. The van der Waals surface area contributed by atoms with E-state index in [2.05, 4.69) is 4.98 Å². The molecule has 0 aliphatic rings. The molecular weight excluding hydrogens is 250 g/mol. The zero-order valence-corrected chi connectivity index (χ0v) is 9.92. The van der Waals surface area contributed by atoms with Gasteiger partial charge in [-0.05, 0) is 24.3 Å². The number of rotatable bonds is 3. The fraction of sp³-hybridized carbons (Fsp3) is 0. The lowest BCUT2D eigenvalue weighted by atomic mass is 10.3. The normalized spacial score (nSPS) is 9.72. The molecule has 0 spiro atoms. The molecule has 0 unspecified atom stereocenters. The van der Waals surface area contributed by atoms with Crippen molar-refractivity contribution in [1.29, 1.82) is 5.26 Å². The molecule has 1 aromatic heterocycles. The van der Waals surface area contributed by atoms with Crippen LogP contribution >= 0.6 is 11.8 Å². The van der Waals surface area contributed by atoms with Crippen LogP contribution < -0.4 is 0 Å². The van der Waals surface area contributed by atoms with Gasteiger partial charge in [-0.1, -0.05) is 17.8 Å². The predicted molar refractivity (Wildman–Crippen MR) is 66.2 cm³/mol. The van der Waals surface area contributed by atoms with Gasteiger partial charge in [-0.2, -0.15) is 5.26 Å². The summed E-state index contributed by atoms with van der Waals surface area (Å²) in [4.78, 5) is 15.0. The third kappa shape index (κ3) is 2.84.